The topological polar surface area (TPSA) is 17.1 Å². The fourth-order valence-corrected chi connectivity index (χ4v) is 0. The van der Waals surface area contributed by atoms with E-state index < -0.39 is 12.4 Å². The summed E-state index contributed by atoms with van der Waals surface area (Å²) in [7, 11) is 0. The first-order chi connectivity index (χ1) is 4.00. The molecule has 0 aromatic carbocycles. The van der Waals surface area contributed by atoms with Crippen molar-refractivity contribution in [1.82, 2.24) is 0 Å². The minimum absolute atomic E-state index is 0. The molecule has 0 aliphatic rings. The minimum atomic E-state index is -2.29. The van der Waals surface area contributed by atoms with Gasteiger partial charge < -0.3 is 4.79 Å². The first kappa shape index (κ1) is 17.0. The maximum absolute atomic E-state index is 10.2. The number of rotatable bonds is 0. The van der Waals surface area contributed by atoms with E-state index in [4.69, 9.17) is 0 Å². The van der Waals surface area contributed by atoms with Crippen LogP contribution < -0.4 is 0 Å². The van der Waals surface area contributed by atoms with E-state index in [-0.39, 0.29) is 55.2 Å². The molecule has 0 rings (SSSR count). The number of carbonyl (C=O) groups is 1. The van der Waals surface area contributed by atoms with Gasteiger partial charge in [0.15, 0.2) is 6.33 Å². The van der Waals surface area contributed by atoms with Crippen molar-refractivity contribution in [1.29, 1.82) is 0 Å². The second-order valence-electron chi connectivity index (χ2n) is 1.31. The van der Waals surface area contributed by atoms with Crippen LogP contribution in [0.5, 0.6) is 0 Å². The van der Waals surface area contributed by atoms with Crippen molar-refractivity contribution in [3.63, 3.8) is 0 Å². The van der Waals surface area contributed by atoms with Gasteiger partial charge in [0.1, 0.15) is 5.78 Å². The molecule has 0 aromatic heterocycles. The van der Waals surface area contributed by atoms with Gasteiger partial charge in [-0.15, -0.1) is 0 Å². The van der Waals surface area contributed by atoms with Gasteiger partial charge >= 0.3 is 0 Å². The third-order valence-electron chi connectivity index (χ3n) is 0.0825. The Kier molecular flexibility index (Phi) is 21.2. The van der Waals surface area contributed by atoms with E-state index in [0.717, 1.165) is 0 Å². The fourth-order valence-electron chi connectivity index (χ4n) is 0. The molecule has 0 aromatic rings. The Bertz CT molecular complexity index is 105. The average molecular weight is 292 g/mol. The molecule has 0 saturated heterocycles. The number of hydrogen-bond donors (Lipinski definition) is 0. The van der Waals surface area contributed by atoms with Crippen LogP contribution in [0.4, 0.5) is 13.2 Å². The fraction of sp³-hybridized carbons (Fsp3) is 0.400. The summed E-state index contributed by atoms with van der Waals surface area (Å²) in [4.78, 5) is 9.44. The zero-order valence-corrected chi connectivity index (χ0v) is 7.92. The molecular formula is C5H7EuF3O. The van der Waals surface area contributed by atoms with Crippen LogP contribution in [0.1, 0.15) is 13.8 Å². The van der Waals surface area contributed by atoms with Crippen LogP contribution in [0, 0.1) is 49.4 Å². The molecule has 61 valence electrons. The summed E-state index contributed by atoms with van der Waals surface area (Å²) >= 11 is 0. The predicted octanol–water partition coefficient (Wildman–Crippen LogP) is 2.29. The van der Waals surface area contributed by atoms with Gasteiger partial charge in [0, 0.05) is 49.4 Å². The molecule has 0 fully saturated rings. The van der Waals surface area contributed by atoms with Crippen LogP contribution in [-0.4, -0.2) is 5.78 Å². The van der Waals surface area contributed by atoms with E-state index >= 15 is 0 Å². The van der Waals surface area contributed by atoms with E-state index in [1.54, 1.807) is 0 Å². The summed E-state index contributed by atoms with van der Waals surface area (Å²) in [6.07, 6.45) is -3.04. The van der Waals surface area contributed by atoms with E-state index in [1.165, 1.54) is 13.8 Å². The first-order valence-electron chi connectivity index (χ1n) is 2.09. The zero-order chi connectivity index (χ0) is 7.86. The molecule has 0 bridgehead atoms. The SMILES string of the molecule is CC(C)=O.FC=C(F)F.[Eu]. The van der Waals surface area contributed by atoms with Gasteiger partial charge in [0.05, 0.1) is 0 Å². The van der Waals surface area contributed by atoms with Crippen molar-refractivity contribution in [2.75, 3.05) is 0 Å². The maximum Gasteiger partial charge on any atom is 0.298 e. The van der Waals surface area contributed by atoms with Gasteiger partial charge in [-0.2, -0.15) is 8.78 Å². The number of ketones is 1. The quantitative estimate of drug-likeness (QED) is 0.669. The summed E-state index contributed by atoms with van der Waals surface area (Å²) in [6.45, 7) is 3.06. The van der Waals surface area contributed by atoms with E-state index in [1.807, 2.05) is 0 Å². The van der Waals surface area contributed by atoms with Crippen LogP contribution >= 0.6 is 0 Å². The third kappa shape index (κ3) is 68.7. The molecule has 0 aliphatic carbocycles. The van der Waals surface area contributed by atoms with Crippen LogP contribution in [-0.2, 0) is 4.79 Å². The van der Waals surface area contributed by atoms with E-state index in [2.05, 4.69) is 0 Å². The molecule has 0 unspecified atom stereocenters. The molecule has 0 spiro atoms. The first-order valence-corrected chi connectivity index (χ1v) is 2.09. The van der Waals surface area contributed by atoms with Crippen molar-refractivity contribution in [3.05, 3.63) is 12.4 Å². The molecule has 0 atom stereocenters. The minimum Gasteiger partial charge on any atom is -0.300 e. The van der Waals surface area contributed by atoms with E-state index in [0.29, 0.717) is 0 Å². The van der Waals surface area contributed by atoms with Gasteiger partial charge in [-0.3, -0.25) is 0 Å². The van der Waals surface area contributed by atoms with Gasteiger partial charge in [0.2, 0.25) is 0 Å². The third-order valence-corrected chi connectivity index (χ3v) is 0.0825. The van der Waals surface area contributed by atoms with Crippen LogP contribution in [0.2, 0.25) is 0 Å². The zero-order valence-electron chi connectivity index (χ0n) is 5.50. The number of halogens is 3. The standard InChI is InChI=1S/C3H6O.C2HF3.Eu/c1-3(2)4;3-1-2(4)5;/h1-2H3;1H;. The average Bonchev–Trinajstić information content (AvgIpc) is 1.65. The second kappa shape index (κ2) is 12.5. The Morgan fingerprint density at radius 2 is 1.40 bits per heavy atom. The summed E-state index contributed by atoms with van der Waals surface area (Å²) < 4.78 is 30.7. The van der Waals surface area contributed by atoms with Crippen LogP contribution in [0.15, 0.2) is 12.4 Å². The van der Waals surface area contributed by atoms with Crippen molar-refractivity contribution >= 4 is 5.78 Å². The molecular weight excluding hydrogens is 285 g/mol. The molecule has 5 heteroatoms. The van der Waals surface area contributed by atoms with Crippen LogP contribution in [0.25, 0.3) is 0 Å². The Morgan fingerprint density at radius 3 is 1.40 bits per heavy atom. The van der Waals surface area contributed by atoms with Crippen molar-refractivity contribution in [2.24, 2.45) is 0 Å². The largest absolute Gasteiger partial charge is 0.300 e. The predicted molar refractivity (Wildman–Crippen MR) is 27.8 cm³/mol. The van der Waals surface area contributed by atoms with Gasteiger partial charge in [-0.25, -0.2) is 4.39 Å². The van der Waals surface area contributed by atoms with Crippen molar-refractivity contribution in [3.8, 4) is 0 Å². The Morgan fingerprint density at radius 1 is 1.30 bits per heavy atom. The maximum atomic E-state index is 10.2. The molecule has 0 N–H and O–H groups in total. The van der Waals surface area contributed by atoms with Gasteiger partial charge in [-0.05, 0) is 13.8 Å². The summed E-state index contributed by atoms with van der Waals surface area (Å²) in [5.41, 5.74) is 0. The number of Topliss-reactive ketones (excluding diaryl/α,β-unsaturated/α-hetero) is 1. The van der Waals surface area contributed by atoms with Crippen LogP contribution in [0.3, 0.4) is 0 Å². The molecule has 0 saturated carbocycles. The molecule has 0 heterocycles. The molecule has 0 aliphatic heterocycles. The second-order valence-corrected chi connectivity index (χ2v) is 1.31. The normalized spacial score (nSPS) is 6.10. The molecule has 0 amide bonds. The smallest absolute Gasteiger partial charge is 0.298 e. The van der Waals surface area contributed by atoms with Crippen molar-refractivity contribution < 1.29 is 67.3 Å². The summed E-state index contributed by atoms with van der Waals surface area (Å²) in [5.74, 6) is 0.167. The summed E-state index contributed by atoms with van der Waals surface area (Å²) in [6, 6.07) is 0. The van der Waals surface area contributed by atoms with E-state index in [9.17, 15) is 18.0 Å². The van der Waals surface area contributed by atoms with Crippen molar-refractivity contribution in [2.45, 2.75) is 13.8 Å². The molecule has 1 nitrogen and oxygen atoms in total. The monoisotopic (exact) mass is 293 g/mol. The molecule has 1 radical (unpaired) electrons. The van der Waals surface area contributed by atoms with Gasteiger partial charge in [0.25, 0.3) is 6.08 Å². The number of hydrogen-bond acceptors (Lipinski definition) is 1. The Hall–Kier alpha value is 0.784. The Balaban J connectivity index is -0.0000000910. The Labute approximate surface area is 98.2 Å². The van der Waals surface area contributed by atoms with Gasteiger partial charge in [-0.1, -0.05) is 0 Å². The molecule has 10 heavy (non-hydrogen) atoms. The number of carbonyl (C=O) groups excluding carboxylic acids is 1. The summed E-state index contributed by atoms with van der Waals surface area (Å²) in [5, 5.41) is 0.